The summed E-state index contributed by atoms with van der Waals surface area (Å²) in [7, 11) is -3.87. The minimum absolute atomic E-state index is 0.0300. The van der Waals surface area contributed by atoms with Crippen molar-refractivity contribution in [3.05, 3.63) is 108 Å². The molecule has 0 aliphatic carbocycles. The summed E-state index contributed by atoms with van der Waals surface area (Å²) in [4.78, 5) is 24.7. The first-order valence-corrected chi connectivity index (χ1v) is 11.7. The number of rotatable bonds is 7. The zero-order valence-corrected chi connectivity index (χ0v) is 18.9. The van der Waals surface area contributed by atoms with Gasteiger partial charge in [0.15, 0.2) is 5.76 Å². The molecule has 0 aliphatic rings. The zero-order chi connectivity index (χ0) is 24.1. The van der Waals surface area contributed by atoms with Crippen LogP contribution in [0, 0.1) is 6.92 Å². The Hall–Kier alpha value is -4.37. The van der Waals surface area contributed by atoms with E-state index in [-0.39, 0.29) is 22.1 Å². The van der Waals surface area contributed by atoms with Crippen LogP contribution in [0.3, 0.4) is 0 Å². The number of hydrogen-bond acceptors (Lipinski definition) is 5. The van der Waals surface area contributed by atoms with Crippen molar-refractivity contribution in [1.29, 1.82) is 0 Å². The van der Waals surface area contributed by atoms with Crippen LogP contribution in [0.1, 0.15) is 26.5 Å². The lowest BCUT2D eigenvalue weighted by Gasteiger charge is -2.11. The Bertz CT molecular complexity index is 1430. The lowest BCUT2D eigenvalue weighted by atomic mass is 10.2. The van der Waals surface area contributed by atoms with Gasteiger partial charge in [-0.3, -0.25) is 14.3 Å². The van der Waals surface area contributed by atoms with Crippen LogP contribution >= 0.6 is 0 Å². The first-order valence-electron chi connectivity index (χ1n) is 10.3. The Morgan fingerprint density at radius 1 is 0.735 bits per heavy atom. The zero-order valence-electron chi connectivity index (χ0n) is 18.1. The number of furan rings is 1. The fourth-order valence-electron chi connectivity index (χ4n) is 3.17. The van der Waals surface area contributed by atoms with Crippen molar-refractivity contribution in [3.8, 4) is 0 Å². The predicted molar refractivity (Wildman–Crippen MR) is 129 cm³/mol. The average Bonchev–Trinajstić information content (AvgIpc) is 3.35. The SMILES string of the molecule is Cc1cccc(NS(=O)(=O)c2cccc(C(=O)Nc3ccc(NC(=O)c4ccco4)cc3)c2)c1. The van der Waals surface area contributed by atoms with E-state index in [2.05, 4.69) is 15.4 Å². The predicted octanol–water partition coefficient (Wildman–Crippen LogP) is 4.89. The van der Waals surface area contributed by atoms with Crippen LogP contribution < -0.4 is 15.4 Å². The number of nitrogens with one attached hydrogen (secondary N) is 3. The number of aryl methyl sites for hydroxylation is 1. The highest BCUT2D eigenvalue weighted by molar-refractivity contribution is 7.92. The molecule has 4 aromatic rings. The normalized spacial score (nSPS) is 11.0. The van der Waals surface area contributed by atoms with Gasteiger partial charge in [0.1, 0.15) is 0 Å². The molecule has 172 valence electrons. The van der Waals surface area contributed by atoms with Gasteiger partial charge in [-0.1, -0.05) is 18.2 Å². The summed E-state index contributed by atoms with van der Waals surface area (Å²) in [5.74, 6) is -0.678. The molecule has 34 heavy (non-hydrogen) atoms. The van der Waals surface area contributed by atoms with Gasteiger partial charge in [0.2, 0.25) is 0 Å². The molecule has 0 atom stereocenters. The molecule has 0 spiro atoms. The topological polar surface area (TPSA) is 118 Å². The van der Waals surface area contributed by atoms with E-state index in [0.717, 1.165) is 5.56 Å². The maximum Gasteiger partial charge on any atom is 0.291 e. The third kappa shape index (κ3) is 5.51. The molecule has 0 fully saturated rings. The first kappa shape index (κ1) is 22.8. The highest BCUT2D eigenvalue weighted by Gasteiger charge is 2.17. The smallest absolute Gasteiger partial charge is 0.291 e. The molecule has 9 heteroatoms. The Morgan fingerprint density at radius 3 is 2.06 bits per heavy atom. The molecule has 2 amide bonds. The van der Waals surface area contributed by atoms with Gasteiger partial charge >= 0.3 is 0 Å². The summed E-state index contributed by atoms with van der Waals surface area (Å²) in [6.45, 7) is 1.86. The lowest BCUT2D eigenvalue weighted by Crippen LogP contribution is -2.16. The standard InChI is InChI=1S/C25H21N3O5S/c1-17-5-2-7-21(15-17)28-34(31,32)22-8-3-6-18(16-22)24(29)26-19-10-12-20(13-11-19)27-25(30)23-9-4-14-33-23/h2-16,28H,1H3,(H,26,29)(H,27,30). The third-order valence-corrected chi connectivity index (χ3v) is 6.20. The molecule has 0 saturated heterocycles. The lowest BCUT2D eigenvalue weighted by molar-refractivity contribution is 0.0994. The van der Waals surface area contributed by atoms with E-state index >= 15 is 0 Å². The van der Waals surface area contributed by atoms with Crippen LogP contribution in [-0.4, -0.2) is 20.2 Å². The number of benzene rings is 3. The average molecular weight is 476 g/mol. The molecule has 0 saturated carbocycles. The van der Waals surface area contributed by atoms with E-state index < -0.39 is 15.9 Å². The van der Waals surface area contributed by atoms with Gasteiger partial charge in [0.25, 0.3) is 21.8 Å². The first-order chi connectivity index (χ1) is 16.3. The molecule has 1 heterocycles. The second kappa shape index (κ2) is 9.63. The van der Waals surface area contributed by atoms with Gasteiger partial charge < -0.3 is 15.1 Å². The highest BCUT2D eigenvalue weighted by Crippen LogP contribution is 2.20. The van der Waals surface area contributed by atoms with E-state index in [1.54, 1.807) is 54.6 Å². The maximum absolute atomic E-state index is 12.8. The van der Waals surface area contributed by atoms with E-state index in [0.29, 0.717) is 17.1 Å². The van der Waals surface area contributed by atoms with Gasteiger partial charge in [-0.15, -0.1) is 0 Å². The summed E-state index contributed by atoms with van der Waals surface area (Å²) in [6, 6.07) is 22.4. The monoisotopic (exact) mass is 475 g/mol. The van der Waals surface area contributed by atoms with Gasteiger partial charge in [-0.25, -0.2) is 8.42 Å². The van der Waals surface area contributed by atoms with Gasteiger partial charge in [0.05, 0.1) is 11.2 Å². The number of anilines is 3. The number of sulfonamides is 1. The molecule has 8 nitrogen and oxygen atoms in total. The molecule has 3 aromatic carbocycles. The summed E-state index contributed by atoms with van der Waals surface area (Å²) in [6.07, 6.45) is 1.41. The minimum Gasteiger partial charge on any atom is -0.459 e. The summed E-state index contributed by atoms with van der Waals surface area (Å²) < 4.78 is 33.1. The van der Waals surface area contributed by atoms with Crippen LogP contribution in [0.4, 0.5) is 17.1 Å². The van der Waals surface area contributed by atoms with Crippen LogP contribution in [0.5, 0.6) is 0 Å². The molecule has 0 unspecified atom stereocenters. The van der Waals surface area contributed by atoms with Gasteiger partial charge in [0, 0.05) is 22.6 Å². The Labute approximate surface area is 196 Å². The van der Waals surface area contributed by atoms with Crippen molar-refractivity contribution in [2.45, 2.75) is 11.8 Å². The van der Waals surface area contributed by atoms with Crippen molar-refractivity contribution in [3.63, 3.8) is 0 Å². The van der Waals surface area contributed by atoms with E-state index in [1.165, 1.54) is 30.5 Å². The second-order valence-electron chi connectivity index (χ2n) is 7.47. The Balaban J connectivity index is 1.43. The minimum atomic E-state index is -3.87. The number of hydrogen-bond donors (Lipinski definition) is 3. The number of carbonyl (C=O) groups is 2. The molecule has 0 aliphatic heterocycles. The molecular formula is C25H21N3O5S. The Morgan fingerprint density at radius 2 is 1.41 bits per heavy atom. The molecule has 1 aromatic heterocycles. The fraction of sp³-hybridized carbons (Fsp3) is 0.0400. The van der Waals surface area contributed by atoms with Crippen LogP contribution in [0.2, 0.25) is 0 Å². The summed E-state index contributed by atoms with van der Waals surface area (Å²) in [5.41, 5.74) is 2.54. The van der Waals surface area contributed by atoms with Gasteiger partial charge in [-0.2, -0.15) is 0 Å². The van der Waals surface area contributed by atoms with Crippen molar-refractivity contribution < 1.29 is 22.4 Å². The molecule has 0 radical (unpaired) electrons. The van der Waals surface area contributed by atoms with E-state index in [4.69, 9.17) is 4.42 Å². The molecule has 4 rings (SSSR count). The maximum atomic E-state index is 12.8. The van der Waals surface area contributed by atoms with Crippen molar-refractivity contribution in [1.82, 2.24) is 0 Å². The van der Waals surface area contributed by atoms with Crippen LogP contribution in [0.25, 0.3) is 0 Å². The largest absolute Gasteiger partial charge is 0.459 e. The van der Waals surface area contributed by atoms with Gasteiger partial charge in [-0.05, 0) is 79.2 Å². The Kier molecular flexibility index (Phi) is 6.46. The van der Waals surface area contributed by atoms with Crippen molar-refractivity contribution >= 4 is 38.9 Å². The molecule has 3 N–H and O–H groups in total. The van der Waals surface area contributed by atoms with E-state index in [9.17, 15) is 18.0 Å². The summed E-state index contributed by atoms with van der Waals surface area (Å²) in [5, 5.41) is 5.40. The summed E-state index contributed by atoms with van der Waals surface area (Å²) >= 11 is 0. The van der Waals surface area contributed by atoms with Crippen LogP contribution in [-0.2, 0) is 10.0 Å². The van der Waals surface area contributed by atoms with E-state index in [1.807, 2.05) is 13.0 Å². The molecular weight excluding hydrogens is 454 g/mol. The second-order valence-corrected chi connectivity index (χ2v) is 9.15. The highest BCUT2D eigenvalue weighted by atomic mass is 32.2. The fourth-order valence-corrected chi connectivity index (χ4v) is 4.26. The third-order valence-electron chi connectivity index (χ3n) is 4.82. The van der Waals surface area contributed by atoms with Crippen molar-refractivity contribution in [2.24, 2.45) is 0 Å². The van der Waals surface area contributed by atoms with Crippen LogP contribution in [0.15, 0.2) is 101 Å². The van der Waals surface area contributed by atoms with Crippen molar-refractivity contribution in [2.75, 3.05) is 15.4 Å². The number of carbonyl (C=O) groups excluding carboxylic acids is 2. The number of amides is 2. The quantitative estimate of drug-likeness (QED) is 0.352. The molecule has 0 bridgehead atoms.